The van der Waals surface area contributed by atoms with Crippen molar-refractivity contribution >= 4 is 11.8 Å². The van der Waals surface area contributed by atoms with Gasteiger partial charge in [-0.1, -0.05) is 0 Å². The Balaban J connectivity index is 3.89. The number of nitrogens with two attached hydrogens (primary N) is 1. The molecule has 0 heterocycles. The summed E-state index contributed by atoms with van der Waals surface area (Å²) >= 11 is 0. The second-order valence-corrected chi connectivity index (χ2v) is 3.44. The lowest BCUT2D eigenvalue weighted by atomic mass is 10.3. The number of rotatable bonds is 7. The standard InChI is InChI=1S/C9H20N4O3/c1-7(9(15)12-10)13(2)6-8(14)11-4-5-16-3/h7H,4-6,10H2,1-3H3,(H,11,14)(H,12,15). The van der Waals surface area contributed by atoms with Gasteiger partial charge in [0.15, 0.2) is 0 Å². The minimum atomic E-state index is -0.446. The number of amides is 2. The van der Waals surface area contributed by atoms with Crippen LogP contribution in [0.3, 0.4) is 0 Å². The van der Waals surface area contributed by atoms with Crippen molar-refractivity contribution in [1.29, 1.82) is 0 Å². The molecule has 0 radical (unpaired) electrons. The van der Waals surface area contributed by atoms with E-state index in [9.17, 15) is 9.59 Å². The van der Waals surface area contributed by atoms with Gasteiger partial charge in [0.2, 0.25) is 5.91 Å². The van der Waals surface area contributed by atoms with E-state index in [1.807, 2.05) is 5.43 Å². The number of carbonyl (C=O) groups excluding carboxylic acids is 2. The molecule has 7 heteroatoms. The van der Waals surface area contributed by atoms with Crippen molar-refractivity contribution in [3.63, 3.8) is 0 Å². The molecule has 0 aliphatic rings. The molecule has 2 amide bonds. The number of methoxy groups -OCH3 is 1. The van der Waals surface area contributed by atoms with Crippen molar-refractivity contribution in [2.45, 2.75) is 13.0 Å². The highest BCUT2D eigenvalue weighted by molar-refractivity contribution is 5.82. The van der Waals surface area contributed by atoms with Gasteiger partial charge >= 0.3 is 0 Å². The molecule has 0 aliphatic heterocycles. The van der Waals surface area contributed by atoms with Gasteiger partial charge in [0, 0.05) is 13.7 Å². The van der Waals surface area contributed by atoms with E-state index in [1.165, 1.54) is 0 Å². The molecule has 0 fully saturated rings. The monoisotopic (exact) mass is 232 g/mol. The number of hydrazine groups is 1. The van der Waals surface area contributed by atoms with Gasteiger partial charge in [0.05, 0.1) is 19.2 Å². The topological polar surface area (TPSA) is 96.7 Å². The maximum absolute atomic E-state index is 11.4. The van der Waals surface area contributed by atoms with Crippen LogP contribution < -0.4 is 16.6 Å². The van der Waals surface area contributed by atoms with Crippen LogP contribution in [0.4, 0.5) is 0 Å². The van der Waals surface area contributed by atoms with E-state index in [4.69, 9.17) is 10.6 Å². The Labute approximate surface area is 95.3 Å². The molecule has 1 atom stereocenters. The molecular weight excluding hydrogens is 212 g/mol. The van der Waals surface area contributed by atoms with Crippen LogP contribution in [0.2, 0.25) is 0 Å². The quantitative estimate of drug-likeness (QED) is 0.205. The third kappa shape index (κ3) is 5.64. The van der Waals surface area contributed by atoms with E-state index in [1.54, 1.807) is 26.0 Å². The molecule has 0 spiro atoms. The first-order valence-electron chi connectivity index (χ1n) is 4.99. The van der Waals surface area contributed by atoms with Gasteiger partial charge in [0.1, 0.15) is 0 Å². The summed E-state index contributed by atoms with van der Waals surface area (Å²) in [6.45, 7) is 2.73. The maximum Gasteiger partial charge on any atom is 0.250 e. The number of nitrogens with one attached hydrogen (secondary N) is 2. The summed E-state index contributed by atoms with van der Waals surface area (Å²) in [5, 5.41) is 2.66. The van der Waals surface area contributed by atoms with Crippen molar-refractivity contribution in [2.75, 3.05) is 33.9 Å². The first kappa shape index (κ1) is 14.8. The Morgan fingerprint density at radius 1 is 1.50 bits per heavy atom. The van der Waals surface area contributed by atoms with Crippen LogP contribution in [0.5, 0.6) is 0 Å². The lowest BCUT2D eigenvalue weighted by Gasteiger charge is -2.22. The first-order chi connectivity index (χ1) is 7.52. The molecule has 0 aliphatic carbocycles. The van der Waals surface area contributed by atoms with E-state index in [0.29, 0.717) is 13.2 Å². The van der Waals surface area contributed by atoms with Crippen molar-refractivity contribution in [3.05, 3.63) is 0 Å². The molecule has 0 saturated carbocycles. The first-order valence-corrected chi connectivity index (χ1v) is 4.99. The average molecular weight is 232 g/mol. The van der Waals surface area contributed by atoms with Crippen LogP contribution >= 0.6 is 0 Å². The van der Waals surface area contributed by atoms with Crippen molar-refractivity contribution in [1.82, 2.24) is 15.6 Å². The van der Waals surface area contributed by atoms with Gasteiger partial charge in [-0.15, -0.1) is 0 Å². The molecule has 16 heavy (non-hydrogen) atoms. The molecule has 0 aromatic heterocycles. The Hall–Kier alpha value is -1.18. The van der Waals surface area contributed by atoms with Crippen LogP contribution in [0.15, 0.2) is 0 Å². The highest BCUT2D eigenvalue weighted by atomic mass is 16.5. The lowest BCUT2D eigenvalue weighted by molar-refractivity contribution is -0.127. The normalized spacial score (nSPS) is 12.3. The summed E-state index contributed by atoms with van der Waals surface area (Å²) in [6, 6.07) is -0.446. The van der Waals surface area contributed by atoms with E-state index in [-0.39, 0.29) is 18.4 Å². The zero-order chi connectivity index (χ0) is 12.6. The predicted octanol–water partition coefficient (Wildman–Crippen LogP) is -1.94. The number of likely N-dealkylation sites (N-methyl/N-ethyl adjacent to an activating group) is 1. The summed E-state index contributed by atoms with van der Waals surface area (Å²) in [6.07, 6.45) is 0. The zero-order valence-electron chi connectivity index (χ0n) is 9.95. The smallest absolute Gasteiger partial charge is 0.250 e. The van der Waals surface area contributed by atoms with Crippen LogP contribution in [-0.4, -0.2) is 56.6 Å². The second kappa shape index (κ2) is 8.03. The molecule has 0 aromatic carbocycles. The molecule has 7 nitrogen and oxygen atoms in total. The number of nitrogens with zero attached hydrogens (tertiary/aromatic N) is 1. The summed E-state index contributed by atoms with van der Waals surface area (Å²) < 4.78 is 4.79. The number of carbonyl (C=O) groups is 2. The molecule has 1 unspecified atom stereocenters. The second-order valence-electron chi connectivity index (χ2n) is 3.44. The lowest BCUT2D eigenvalue weighted by Crippen LogP contribution is -2.49. The third-order valence-electron chi connectivity index (χ3n) is 2.20. The van der Waals surface area contributed by atoms with Gasteiger partial charge in [-0.3, -0.25) is 19.9 Å². The third-order valence-corrected chi connectivity index (χ3v) is 2.20. The zero-order valence-corrected chi connectivity index (χ0v) is 9.95. The van der Waals surface area contributed by atoms with E-state index < -0.39 is 6.04 Å². The van der Waals surface area contributed by atoms with E-state index >= 15 is 0 Å². The number of hydrogen-bond acceptors (Lipinski definition) is 5. The molecule has 0 rings (SSSR count). The Morgan fingerprint density at radius 3 is 2.62 bits per heavy atom. The number of hydrogen-bond donors (Lipinski definition) is 3. The fourth-order valence-corrected chi connectivity index (χ4v) is 1.03. The molecular formula is C9H20N4O3. The van der Waals surface area contributed by atoms with Crippen molar-refractivity contribution in [2.24, 2.45) is 5.84 Å². The minimum Gasteiger partial charge on any atom is -0.383 e. The van der Waals surface area contributed by atoms with Crippen molar-refractivity contribution in [3.8, 4) is 0 Å². The Bertz CT molecular complexity index is 235. The van der Waals surface area contributed by atoms with Gasteiger partial charge in [-0.2, -0.15) is 0 Å². The molecule has 0 bridgehead atoms. The summed E-state index contributed by atoms with van der Waals surface area (Å²) in [5.41, 5.74) is 2.04. The Morgan fingerprint density at radius 2 is 2.12 bits per heavy atom. The van der Waals surface area contributed by atoms with Gasteiger partial charge in [-0.25, -0.2) is 5.84 Å². The van der Waals surface area contributed by atoms with Crippen LogP contribution in [0.1, 0.15) is 6.92 Å². The molecule has 4 N–H and O–H groups in total. The fraction of sp³-hybridized carbons (Fsp3) is 0.778. The van der Waals surface area contributed by atoms with Crippen LogP contribution in [-0.2, 0) is 14.3 Å². The van der Waals surface area contributed by atoms with Crippen LogP contribution in [0.25, 0.3) is 0 Å². The fourth-order valence-electron chi connectivity index (χ4n) is 1.03. The SMILES string of the molecule is COCCNC(=O)CN(C)C(C)C(=O)NN. The molecule has 0 aromatic rings. The largest absolute Gasteiger partial charge is 0.383 e. The minimum absolute atomic E-state index is 0.137. The number of ether oxygens (including phenoxy) is 1. The average Bonchev–Trinajstić information content (AvgIpc) is 2.27. The maximum atomic E-state index is 11.4. The van der Waals surface area contributed by atoms with E-state index in [0.717, 1.165) is 0 Å². The highest BCUT2D eigenvalue weighted by Crippen LogP contribution is 1.94. The van der Waals surface area contributed by atoms with Gasteiger partial charge < -0.3 is 10.1 Å². The van der Waals surface area contributed by atoms with Crippen molar-refractivity contribution < 1.29 is 14.3 Å². The molecule has 94 valence electrons. The van der Waals surface area contributed by atoms with Gasteiger partial charge in [0.25, 0.3) is 5.91 Å². The predicted molar refractivity (Wildman–Crippen MR) is 59.3 cm³/mol. The van der Waals surface area contributed by atoms with Crippen LogP contribution in [0, 0.1) is 0 Å². The highest BCUT2D eigenvalue weighted by Gasteiger charge is 2.18. The summed E-state index contributed by atoms with van der Waals surface area (Å²) in [5.74, 6) is 4.51. The summed E-state index contributed by atoms with van der Waals surface area (Å²) in [7, 11) is 3.24. The molecule has 0 saturated heterocycles. The summed E-state index contributed by atoms with van der Waals surface area (Å²) in [4.78, 5) is 24.1. The Kier molecular flexibility index (Phi) is 7.44. The van der Waals surface area contributed by atoms with E-state index in [2.05, 4.69) is 5.32 Å². The van der Waals surface area contributed by atoms with Gasteiger partial charge in [-0.05, 0) is 14.0 Å².